The number of amides is 1. The number of rotatable bonds is 7. The largest absolute Gasteiger partial charge is 0.322 e. The molecule has 1 saturated heterocycles. The molecule has 5 heteroatoms. The topological polar surface area (TPSA) is 37.4 Å². The van der Waals surface area contributed by atoms with Crippen LogP contribution in [0.1, 0.15) is 63.1 Å². The Labute approximate surface area is 195 Å². The van der Waals surface area contributed by atoms with Crippen LogP contribution in [0.4, 0.5) is 0 Å². The monoisotopic (exact) mass is 457 g/mol. The first kappa shape index (κ1) is 23.6. The molecule has 2 aromatic rings. The van der Waals surface area contributed by atoms with Crippen LogP contribution in [0.5, 0.6) is 0 Å². The zero-order valence-corrected chi connectivity index (χ0v) is 19.8. The molecule has 0 saturated carbocycles. The van der Waals surface area contributed by atoms with Gasteiger partial charge in [-0.3, -0.25) is 4.79 Å². The molecule has 31 heavy (non-hydrogen) atoms. The molecule has 0 spiro atoms. The van der Waals surface area contributed by atoms with Crippen LogP contribution in [0.2, 0.25) is 10.0 Å². The summed E-state index contributed by atoms with van der Waals surface area (Å²) >= 11 is 12.5. The molecular formula is C26H29Cl2NO2. The minimum atomic E-state index is -0.943. The zero-order chi connectivity index (χ0) is 22.8. The molecule has 0 aliphatic carbocycles. The first-order chi connectivity index (χ1) is 14.7. The molecule has 164 valence electrons. The number of halogens is 2. The normalized spacial score (nSPS) is 25.7. The fraction of sp³-hybridized carbons (Fsp3) is 0.385. The number of hydrogen-bond donors (Lipinski definition) is 0. The van der Waals surface area contributed by atoms with Gasteiger partial charge in [0.1, 0.15) is 6.29 Å². The number of benzene rings is 2. The van der Waals surface area contributed by atoms with E-state index in [0.717, 1.165) is 17.4 Å². The Morgan fingerprint density at radius 2 is 1.84 bits per heavy atom. The number of carbonyl (C=O) groups excluding carboxylic acids is 2. The summed E-state index contributed by atoms with van der Waals surface area (Å²) in [6.07, 6.45) is 4.37. The highest BCUT2D eigenvalue weighted by molar-refractivity contribution is 6.30. The Morgan fingerprint density at radius 3 is 2.39 bits per heavy atom. The van der Waals surface area contributed by atoms with Crippen LogP contribution < -0.4 is 0 Å². The Hall–Kier alpha value is -2.10. The molecule has 3 rings (SSSR count). The van der Waals surface area contributed by atoms with Gasteiger partial charge in [0.25, 0.3) is 0 Å². The van der Waals surface area contributed by atoms with E-state index < -0.39 is 11.0 Å². The van der Waals surface area contributed by atoms with Gasteiger partial charge in [-0.1, -0.05) is 67.4 Å². The van der Waals surface area contributed by atoms with Crippen molar-refractivity contribution in [3.63, 3.8) is 0 Å². The van der Waals surface area contributed by atoms with Gasteiger partial charge in [-0.2, -0.15) is 0 Å². The van der Waals surface area contributed by atoms with Crippen molar-refractivity contribution in [1.29, 1.82) is 0 Å². The van der Waals surface area contributed by atoms with Crippen LogP contribution in [0.3, 0.4) is 0 Å². The molecular weight excluding hydrogens is 429 g/mol. The molecule has 1 heterocycles. The molecule has 1 fully saturated rings. The van der Waals surface area contributed by atoms with Crippen molar-refractivity contribution in [3.05, 3.63) is 82.4 Å². The summed E-state index contributed by atoms with van der Waals surface area (Å²) in [5.74, 6) is -0.0737. The summed E-state index contributed by atoms with van der Waals surface area (Å²) < 4.78 is 0. The minimum absolute atomic E-state index is 0.0259. The van der Waals surface area contributed by atoms with Crippen molar-refractivity contribution in [1.82, 2.24) is 4.90 Å². The highest BCUT2D eigenvalue weighted by atomic mass is 35.5. The van der Waals surface area contributed by atoms with Gasteiger partial charge >= 0.3 is 0 Å². The lowest BCUT2D eigenvalue weighted by Gasteiger charge is -2.54. The lowest BCUT2D eigenvalue weighted by Crippen LogP contribution is -2.61. The van der Waals surface area contributed by atoms with Gasteiger partial charge in [0.2, 0.25) is 5.91 Å². The smallest absolute Gasteiger partial charge is 0.230 e. The number of allylic oxidation sites excluding steroid dienone is 1. The average molecular weight is 458 g/mol. The van der Waals surface area contributed by atoms with E-state index in [-0.39, 0.29) is 17.9 Å². The standard InChI is InChI=1S/C26H29Cl2NO2/c1-5-14-25(3)16-22(19-8-7-9-21(28)15-19)23(18-10-12-20(27)13-11-18)29(24(25)31)26(4,6-2)17-30/h5,7-13,15,17,22-23H,1,6,14,16H2,2-4H3/t22-,23-,25+,26+/m1/s1. The average Bonchev–Trinajstić information content (AvgIpc) is 2.75. The Morgan fingerprint density at radius 1 is 1.16 bits per heavy atom. The number of aldehydes is 1. The van der Waals surface area contributed by atoms with Crippen LogP contribution in [-0.2, 0) is 9.59 Å². The molecule has 0 radical (unpaired) electrons. The molecule has 4 atom stereocenters. The first-order valence-electron chi connectivity index (χ1n) is 10.6. The highest BCUT2D eigenvalue weighted by Crippen LogP contribution is 2.53. The maximum Gasteiger partial charge on any atom is 0.230 e. The summed E-state index contributed by atoms with van der Waals surface area (Å²) in [7, 11) is 0. The van der Waals surface area contributed by atoms with Gasteiger partial charge in [-0.15, -0.1) is 6.58 Å². The third-order valence-electron chi connectivity index (χ3n) is 6.67. The van der Waals surface area contributed by atoms with Crippen molar-refractivity contribution in [3.8, 4) is 0 Å². The quantitative estimate of drug-likeness (QED) is 0.331. The fourth-order valence-corrected chi connectivity index (χ4v) is 5.03. The summed E-state index contributed by atoms with van der Waals surface area (Å²) in [5, 5.41) is 1.27. The van der Waals surface area contributed by atoms with Gasteiger partial charge in [0.05, 0.1) is 17.0 Å². The van der Waals surface area contributed by atoms with Gasteiger partial charge in [-0.25, -0.2) is 0 Å². The molecule has 1 aliphatic rings. The van der Waals surface area contributed by atoms with Crippen LogP contribution in [0, 0.1) is 5.41 Å². The van der Waals surface area contributed by atoms with Crippen molar-refractivity contribution in [2.75, 3.05) is 0 Å². The predicted molar refractivity (Wildman–Crippen MR) is 128 cm³/mol. The van der Waals surface area contributed by atoms with Gasteiger partial charge < -0.3 is 9.69 Å². The molecule has 0 N–H and O–H groups in total. The van der Waals surface area contributed by atoms with E-state index in [0.29, 0.717) is 29.3 Å². The number of likely N-dealkylation sites (tertiary alicyclic amines) is 1. The van der Waals surface area contributed by atoms with E-state index in [4.69, 9.17) is 23.2 Å². The second kappa shape index (κ2) is 9.18. The van der Waals surface area contributed by atoms with E-state index in [9.17, 15) is 9.59 Å². The number of nitrogens with zero attached hydrogens (tertiary/aromatic N) is 1. The van der Waals surface area contributed by atoms with E-state index in [2.05, 4.69) is 6.58 Å². The Bertz CT molecular complexity index is 974. The van der Waals surface area contributed by atoms with Crippen LogP contribution in [0.25, 0.3) is 0 Å². The first-order valence-corrected chi connectivity index (χ1v) is 11.4. The highest BCUT2D eigenvalue weighted by Gasteiger charge is 2.53. The number of hydrogen-bond acceptors (Lipinski definition) is 2. The molecule has 0 bridgehead atoms. The molecule has 0 aromatic heterocycles. The number of piperidine rings is 1. The van der Waals surface area contributed by atoms with E-state index >= 15 is 0 Å². The SMILES string of the molecule is C=CC[C@@]1(C)C[C@H](c2cccc(Cl)c2)[C@@H](c2ccc(Cl)cc2)N([C@](C)(C=O)CC)C1=O. The zero-order valence-electron chi connectivity index (χ0n) is 18.3. The van der Waals surface area contributed by atoms with Crippen LogP contribution in [0.15, 0.2) is 61.2 Å². The third kappa shape index (κ3) is 4.44. The van der Waals surface area contributed by atoms with Crippen molar-refractivity contribution >= 4 is 35.4 Å². The Kier molecular flexibility index (Phi) is 6.98. The lowest BCUT2D eigenvalue weighted by molar-refractivity contribution is -0.162. The maximum atomic E-state index is 14.0. The van der Waals surface area contributed by atoms with Gasteiger partial charge in [-0.05, 0) is 61.6 Å². The summed E-state index contributed by atoms with van der Waals surface area (Å²) in [5.41, 5.74) is 0.382. The maximum absolute atomic E-state index is 14.0. The molecule has 1 amide bonds. The van der Waals surface area contributed by atoms with E-state index in [1.807, 2.05) is 74.2 Å². The molecule has 3 nitrogen and oxygen atoms in total. The van der Waals surface area contributed by atoms with E-state index in [1.165, 1.54) is 0 Å². The fourth-order valence-electron chi connectivity index (χ4n) is 4.71. The van der Waals surface area contributed by atoms with Gasteiger partial charge in [0, 0.05) is 16.0 Å². The van der Waals surface area contributed by atoms with Crippen molar-refractivity contribution < 1.29 is 9.59 Å². The van der Waals surface area contributed by atoms with Crippen LogP contribution in [-0.4, -0.2) is 22.6 Å². The lowest BCUT2D eigenvalue weighted by atomic mass is 9.66. The second-order valence-corrected chi connectivity index (χ2v) is 9.79. The van der Waals surface area contributed by atoms with Crippen molar-refractivity contribution in [2.24, 2.45) is 5.41 Å². The predicted octanol–water partition coefficient (Wildman–Crippen LogP) is 7.00. The van der Waals surface area contributed by atoms with Crippen LogP contribution >= 0.6 is 23.2 Å². The third-order valence-corrected chi connectivity index (χ3v) is 7.16. The Balaban J connectivity index is 2.28. The molecule has 1 aliphatic heterocycles. The molecule has 2 aromatic carbocycles. The van der Waals surface area contributed by atoms with Crippen molar-refractivity contribution in [2.45, 2.75) is 57.5 Å². The minimum Gasteiger partial charge on any atom is -0.322 e. The molecule has 0 unspecified atom stereocenters. The summed E-state index contributed by atoms with van der Waals surface area (Å²) in [6.45, 7) is 9.64. The summed E-state index contributed by atoms with van der Waals surface area (Å²) in [6, 6.07) is 15.0. The van der Waals surface area contributed by atoms with Gasteiger partial charge in [0.15, 0.2) is 0 Å². The second-order valence-electron chi connectivity index (χ2n) is 8.92. The van der Waals surface area contributed by atoms with E-state index in [1.54, 1.807) is 6.08 Å². The number of carbonyl (C=O) groups is 2. The summed E-state index contributed by atoms with van der Waals surface area (Å²) in [4.78, 5) is 28.1.